The first-order valence-corrected chi connectivity index (χ1v) is 37.7. The van der Waals surface area contributed by atoms with E-state index in [4.69, 9.17) is 48.0 Å². The van der Waals surface area contributed by atoms with Gasteiger partial charge < -0.3 is 83.9 Å². The number of aromatic nitrogens is 4. The molecule has 13 rings (SSSR count). The molecule has 7 aliphatic rings. The second kappa shape index (κ2) is 32.4. The summed E-state index contributed by atoms with van der Waals surface area (Å²) in [5, 5.41) is 64.9. The molecule has 34 nitrogen and oxygen atoms in total. The number of fused-ring (bicyclic) bond motifs is 2. The molecule has 6 heterocycles. The summed E-state index contributed by atoms with van der Waals surface area (Å²) >= 11 is 1.38. The minimum absolute atomic E-state index is 0.0195. The molecule has 4 saturated carbocycles. The second-order valence-corrected chi connectivity index (χ2v) is 31.7. The van der Waals surface area contributed by atoms with Crippen LogP contribution in [-0.4, -0.2) is 244 Å². The first-order valence-electron chi connectivity index (χ1n) is 35.3. The number of nitrogens with one attached hydrogen (secondary N) is 3. The van der Waals surface area contributed by atoms with Gasteiger partial charge in [0.2, 0.25) is 18.1 Å². The number of para-hydroxylation sites is 1. The van der Waals surface area contributed by atoms with E-state index in [1.165, 1.54) is 41.5 Å². The SMILES string of the molecule is COCCN(CCOC12CC3(C)CC(C)(CC(Cn4ncc(-c5ccc(N6CCc7c(OC)ccc(C(=O)Nc8nc9ccccc9s8)c7C6)nc5C(=O)O)c4C)(C3)C1)C2)C(=O)OCc1ccc(O[C@@H]2O[C@H](C(=O)O)[C@@H](O)[C@H](O)[C@H]2O)cc1OCCOCCNC(=O)C(CS(=O)(=O)O)NC(=O)CN1C(=O)C=CC1=O. The highest BCUT2D eigenvalue weighted by molar-refractivity contribution is 7.85. The van der Waals surface area contributed by atoms with Crippen LogP contribution in [0.25, 0.3) is 21.3 Å². The van der Waals surface area contributed by atoms with Crippen molar-refractivity contribution < 1.29 is 115 Å². The van der Waals surface area contributed by atoms with Crippen LogP contribution in [-0.2, 0) is 83.9 Å². The number of hydrogen-bond donors (Lipinski definition) is 9. The minimum atomic E-state index is -4.84. The lowest BCUT2D eigenvalue weighted by Crippen LogP contribution is -2.64. The van der Waals surface area contributed by atoms with Gasteiger partial charge in [0.15, 0.2) is 16.9 Å². The average molecular weight is 1550 g/mol. The lowest BCUT2D eigenvalue weighted by Gasteiger charge is -2.69. The maximum atomic E-state index is 14.2. The lowest BCUT2D eigenvalue weighted by atomic mass is 9.39. The lowest BCUT2D eigenvalue weighted by molar-refractivity contribution is -0.271. The van der Waals surface area contributed by atoms with Gasteiger partial charge >= 0.3 is 18.0 Å². The predicted molar refractivity (Wildman–Crippen MR) is 386 cm³/mol. The van der Waals surface area contributed by atoms with Crippen molar-refractivity contribution in [3.63, 3.8) is 0 Å². The number of carbonyl (C=O) groups excluding carboxylic acids is 6. The van der Waals surface area contributed by atoms with E-state index < -0.39 is 113 Å². The third kappa shape index (κ3) is 17.9. The molecule has 6 amide bonds. The molecule has 3 aromatic carbocycles. The number of rotatable bonds is 33. The number of carboxylic acid groups (broad SMARTS) is 2. The zero-order valence-electron chi connectivity index (χ0n) is 60.4. The minimum Gasteiger partial charge on any atom is -0.496 e. The van der Waals surface area contributed by atoms with Crippen molar-refractivity contribution in [3.05, 3.63) is 119 Å². The van der Waals surface area contributed by atoms with Crippen molar-refractivity contribution in [3.8, 4) is 28.4 Å². The number of aliphatic carboxylic acids is 1. The molecule has 3 aromatic heterocycles. The number of aliphatic hydroxyl groups is 3. The van der Waals surface area contributed by atoms with E-state index in [2.05, 4.69) is 34.8 Å². The Morgan fingerprint density at radius 3 is 2.27 bits per heavy atom. The third-order valence-corrected chi connectivity index (χ3v) is 22.3. The van der Waals surface area contributed by atoms with Gasteiger partial charge in [-0.2, -0.15) is 13.5 Å². The first-order chi connectivity index (χ1) is 51.9. The Labute approximate surface area is 629 Å². The molecule has 6 aromatic rings. The Bertz CT molecular complexity index is 4580. The van der Waals surface area contributed by atoms with E-state index in [0.29, 0.717) is 64.2 Å². The number of imide groups is 1. The fraction of sp³-hybridized carbons (Fsp3) is 0.493. The maximum absolute atomic E-state index is 14.2. The van der Waals surface area contributed by atoms with E-state index in [-0.39, 0.29) is 104 Å². The first kappa shape index (κ1) is 78.8. The molecule has 8 atom stereocenters. The Balaban J connectivity index is 0.687. The largest absolute Gasteiger partial charge is 0.496 e. The highest BCUT2D eigenvalue weighted by Crippen LogP contribution is 2.72. The van der Waals surface area contributed by atoms with Crippen molar-refractivity contribution in [2.45, 2.75) is 128 Å². The molecule has 109 heavy (non-hydrogen) atoms. The van der Waals surface area contributed by atoms with Crippen molar-refractivity contribution in [1.29, 1.82) is 0 Å². The molecule has 36 heteroatoms. The van der Waals surface area contributed by atoms with Gasteiger partial charge in [0.05, 0.1) is 55.6 Å². The molecule has 9 N–H and O–H groups in total. The molecular weight excluding hydrogens is 1460 g/mol. The number of amides is 6. The number of benzene rings is 3. The van der Waals surface area contributed by atoms with E-state index in [9.17, 15) is 76.9 Å². The molecule has 1 saturated heterocycles. The van der Waals surface area contributed by atoms with E-state index >= 15 is 0 Å². The molecular formula is C73H86N10O24S2. The smallest absolute Gasteiger partial charge is 0.410 e. The monoisotopic (exact) mass is 1550 g/mol. The third-order valence-electron chi connectivity index (χ3n) is 20.6. The number of aliphatic hydroxyl groups excluding tert-OH is 3. The van der Waals surface area contributed by atoms with Gasteiger partial charge in [-0.05, 0) is 122 Å². The number of pyridine rings is 1. The standard InChI is InChI=1S/C73H86N10O24S2/c1-41-47(45-13-15-54(78-58(45)65(92)93)81-20-18-44-48(30-81)46(12-14-51(44)101-5)63(90)79-68-77-49-8-6-7-9-53(49)108-68)29-75-83(41)40-72-35-70(2)34-71(3,36-72)38-73(37-70,39-72)105-25-22-80(21-24-100-4)69(96)104-32-42-10-11-43(106-67-61(89)59(87)60(88)62(107-67)66(94)95)28-52(42)103-27-26-102-23-19-74-64(91)50(33-109(97,98)99)76-55(84)31-82-56(85)16-17-57(82)86/h6-17,28-29,50,59-62,67,87-89H,18-27,30-40H2,1-5H3,(H,74,91)(H,76,84)(H,92,93)(H,94,95)(H,77,79,90)(H,97,98,99)/t50?,59-,60-,61+,62-,67+,70?,71?,72?,73?/m0/s1. The van der Waals surface area contributed by atoms with Crippen LogP contribution < -0.4 is 35.1 Å². The summed E-state index contributed by atoms with van der Waals surface area (Å²) in [4.78, 5) is 116. The van der Waals surface area contributed by atoms with Gasteiger partial charge in [0, 0.05) is 98.1 Å². The summed E-state index contributed by atoms with van der Waals surface area (Å²) in [6, 6.07) is 17.0. The maximum Gasteiger partial charge on any atom is 0.410 e. The Morgan fingerprint density at radius 1 is 0.817 bits per heavy atom. The Kier molecular flexibility index (Phi) is 23.4. The predicted octanol–water partition coefficient (Wildman–Crippen LogP) is 3.89. The van der Waals surface area contributed by atoms with Crippen LogP contribution in [0.4, 0.5) is 15.7 Å². The molecule has 3 aliphatic heterocycles. The Hall–Kier alpha value is -9.76. The number of methoxy groups -OCH3 is 2. The van der Waals surface area contributed by atoms with Crippen LogP contribution in [0.15, 0.2) is 85.1 Å². The zero-order valence-corrected chi connectivity index (χ0v) is 62.0. The number of thiazole rings is 1. The van der Waals surface area contributed by atoms with Crippen molar-refractivity contribution in [1.82, 2.24) is 40.2 Å². The normalized spacial score (nSPS) is 24.4. The van der Waals surface area contributed by atoms with Gasteiger partial charge in [0.25, 0.3) is 27.8 Å². The number of carboxylic acids is 2. The zero-order chi connectivity index (χ0) is 77.9. The van der Waals surface area contributed by atoms with Crippen LogP contribution in [0.1, 0.15) is 95.6 Å². The van der Waals surface area contributed by atoms with Crippen LogP contribution in [0.2, 0.25) is 0 Å². The number of nitrogens with zero attached hydrogens (tertiary/aromatic N) is 7. The second-order valence-electron chi connectivity index (χ2n) is 29.1. The quantitative estimate of drug-likeness (QED) is 0.0160. The van der Waals surface area contributed by atoms with Crippen molar-refractivity contribution in [2.75, 3.05) is 95.9 Å². The van der Waals surface area contributed by atoms with Crippen LogP contribution >= 0.6 is 11.3 Å². The molecule has 584 valence electrons. The van der Waals surface area contributed by atoms with Crippen LogP contribution in [0, 0.1) is 23.2 Å². The molecule has 0 radical (unpaired) electrons. The fourth-order valence-corrected chi connectivity index (χ4v) is 18.5. The highest BCUT2D eigenvalue weighted by Gasteiger charge is 2.66. The Morgan fingerprint density at radius 2 is 1.56 bits per heavy atom. The van der Waals surface area contributed by atoms with E-state index in [1.54, 1.807) is 37.6 Å². The number of aromatic carboxylic acids is 1. The molecule has 4 aliphatic carbocycles. The van der Waals surface area contributed by atoms with Gasteiger partial charge in [-0.1, -0.05) is 37.3 Å². The van der Waals surface area contributed by atoms with Gasteiger partial charge in [0.1, 0.15) is 72.9 Å². The fourth-order valence-electron chi connectivity index (χ4n) is 17.0. The van der Waals surface area contributed by atoms with E-state index in [1.807, 2.05) is 40.8 Å². The summed E-state index contributed by atoms with van der Waals surface area (Å²) < 4.78 is 82.9. The summed E-state index contributed by atoms with van der Waals surface area (Å²) in [6.45, 7) is 6.16. The summed E-state index contributed by atoms with van der Waals surface area (Å²) in [5.41, 5.74) is 3.67. The number of carbonyl (C=O) groups is 8. The van der Waals surface area contributed by atoms with Crippen LogP contribution in [0.5, 0.6) is 17.2 Å². The van der Waals surface area contributed by atoms with Gasteiger partial charge in [-0.3, -0.25) is 43.4 Å². The summed E-state index contributed by atoms with van der Waals surface area (Å²) in [7, 11) is -1.76. The van der Waals surface area contributed by atoms with Gasteiger partial charge in [-0.15, -0.1) is 0 Å². The highest BCUT2D eigenvalue weighted by atomic mass is 32.2. The molecule has 3 unspecified atom stereocenters. The van der Waals surface area contributed by atoms with E-state index in [0.717, 1.165) is 71.3 Å². The molecule has 0 spiro atoms. The number of anilines is 2. The van der Waals surface area contributed by atoms with Crippen molar-refractivity contribution in [2.24, 2.45) is 16.2 Å². The van der Waals surface area contributed by atoms with Gasteiger partial charge in [-0.25, -0.2) is 24.4 Å². The van der Waals surface area contributed by atoms with Crippen molar-refractivity contribution >= 4 is 90.2 Å². The number of hydrogen-bond acceptors (Lipinski definition) is 26. The molecule has 5 fully saturated rings. The molecule has 4 bridgehead atoms. The van der Waals surface area contributed by atoms with Crippen LogP contribution in [0.3, 0.4) is 0 Å². The summed E-state index contributed by atoms with van der Waals surface area (Å²) in [6.07, 6.45) is -1.33. The number of ether oxygens (including phenoxy) is 8. The summed E-state index contributed by atoms with van der Waals surface area (Å²) in [5.74, 6) is -7.17. The average Bonchev–Trinajstić information content (AvgIpc) is 0.910. The topological polar surface area (TPSA) is 455 Å².